The van der Waals surface area contributed by atoms with E-state index in [-0.39, 0.29) is 25.6 Å². The second kappa shape index (κ2) is 12.0. The number of amides is 2. The summed E-state index contributed by atoms with van der Waals surface area (Å²) < 4.78 is 14.9. The third-order valence-corrected chi connectivity index (χ3v) is 5.78. The molecule has 0 saturated carbocycles. The van der Waals surface area contributed by atoms with Gasteiger partial charge in [-0.3, -0.25) is 9.59 Å². The SMILES string of the molecule is COCCC(NC(=O)OCC1c2ccccc2-c2ccccc21)C(=O)N[C@@H](CC(=O)OC)C(=O)O. The van der Waals surface area contributed by atoms with Crippen molar-refractivity contribution in [1.82, 2.24) is 10.6 Å². The molecule has 186 valence electrons. The predicted molar refractivity (Wildman–Crippen MR) is 125 cm³/mol. The molecule has 2 atom stereocenters. The zero-order valence-electron chi connectivity index (χ0n) is 19.5. The Labute approximate surface area is 202 Å². The molecule has 0 saturated heterocycles. The summed E-state index contributed by atoms with van der Waals surface area (Å²) in [5, 5.41) is 14.0. The number of benzene rings is 2. The van der Waals surface area contributed by atoms with Crippen LogP contribution in [-0.4, -0.2) is 68.6 Å². The molecule has 0 spiro atoms. The summed E-state index contributed by atoms with van der Waals surface area (Å²) in [6.07, 6.45) is -1.32. The van der Waals surface area contributed by atoms with Crippen LogP contribution in [0.2, 0.25) is 0 Å². The maximum atomic E-state index is 12.7. The Morgan fingerprint density at radius 2 is 1.51 bits per heavy atom. The summed E-state index contributed by atoms with van der Waals surface area (Å²) in [7, 11) is 2.54. The molecule has 35 heavy (non-hydrogen) atoms. The maximum absolute atomic E-state index is 12.7. The Balaban J connectivity index is 1.65. The molecule has 2 amide bonds. The number of hydrogen-bond donors (Lipinski definition) is 3. The zero-order chi connectivity index (χ0) is 25.4. The van der Waals surface area contributed by atoms with Crippen molar-refractivity contribution in [2.75, 3.05) is 27.4 Å². The molecule has 1 unspecified atom stereocenters. The molecular formula is C25H28N2O8. The Kier molecular flexibility index (Phi) is 8.80. The van der Waals surface area contributed by atoms with Gasteiger partial charge in [0.25, 0.3) is 0 Å². The molecule has 10 heteroatoms. The number of nitrogens with one attached hydrogen (secondary N) is 2. The monoisotopic (exact) mass is 484 g/mol. The number of esters is 1. The van der Waals surface area contributed by atoms with Crippen molar-refractivity contribution in [2.24, 2.45) is 0 Å². The van der Waals surface area contributed by atoms with Crippen LogP contribution in [0.1, 0.15) is 29.9 Å². The van der Waals surface area contributed by atoms with Gasteiger partial charge in [0.05, 0.1) is 13.5 Å². The molecule has 3 N–H and O–H groups in total. The largest absolute Gasteiger partial charge is 0.480 e. The summed E-state index contributed by atoms with van der Waals surface area (Å²) in [6, 6.07) is 13.1. The van der Waals surface area contributed by atoms with Gasteiger partial charge in [-0.15, -0.1) is 0 Å². The normalized spacial score (nSPS) is 13.7. The van der Waals surface area contributed by atoms with E-state index in [0.29, 0.717) is 0 Å². The van der Waals surface area contributed by atoms with E-state index in [1.807, 2.05) is 48.5 Å². The molecule has 0 heterocycles. The van der Waals surface area contributed by atoms with E-state index in [2.05, 4.69) is 15.4 Å². The Bertz CT molecular complexity index is 1040. The van der Waals surface area contributed by atoms with Gasteiger partial charge < -0.3 is 30.0 Å². The topological polar surface area (TPSA) is 140 Å². The van der Waals surface area contributed by atoms with Crippen molar-refractivity contribution in [2.45, 2.75) is 30.8 Å². The van der Waals surface area contributed by atoms with Gasteiger partial charge in [-0.25, -0.2) is 9.59 Å². The molecule has 2 aromatic rings. The van der Waals surface area contributed by atoms with E-state index >= 15 is 0 Å². The number of rotatable bonds is 11. The highest BCUT2D eigenvalue weighted by Gasteiger charge is 2.31. The standard InChI is InChI=1S/C25H28N2O8/c1-33-12-11-20(23(29)26-21(24(30)31)13-22(28)34-2)27-25(32)35-14-19-17-9-5-3-7-15(17)16-8-4-6-10-18(16)19/h3-10,19-21H,11-14H2,1-2H3,(H,26,29)(H,27,32)(H,30,31)/t20?,21-/m0/s1. The lowest BCUT2D eigenvalue weighted by atomic mass is 9.98. The van der Waals surface area contributed by atoms with E-state index in [0.717, 1.165) is 29.4 Å². The number of ether oxygens (including phenoxy) is 3. The summed E-state index contributed by atoms with van der Waals surface area (Å²) in [5.74, 6) is -3.14. The highest BCUT2D eigenvalue weighted by Crippen LogP contribution is 2.44. The van der Waals surface area contributed by atoms with Crippen LogP contribution >= 0.6 is 0 Å². The molecule has 0 radical (unpaired) electrons. The summed E-state index contributed by atoms with van der Waals surface area (Å²) >= 11 is 0. The van der Waals surface area contributed by atoms with Gasteiger partial charge in [-0.1, -0.05) is 48.5 Å². The molecule has 0 fully saturated rings. The predicted octanol–water partition coefficient (Wildman–Crippen LogP) is 2.06. The van der Waals surface area contributed by atoms with Crippen molar-refractivity contribution < 1.29 is 38.5 Å². The van der Waals surface area contributed by atoms with Gasteiger partial charge in [0.1, 0.15) is 18.7 Å². The first-order valence-electron chi connectivity index (χ1n) is 11.1. The zero-order valence-corrected chi connectivity index (χ0v) is 19.5. The second-order valence-corrected chi connectivity index (χ2v) is 7.98. The minimum absolute atomic E-state index is 0.0541. The van der Waals surface area contributed by atoms with Crippen molar-refractivity contribution in [3.63, 3.8) is 0 Å². The number of alkyl carbamates (subject to hydrolysis) is 1. The molecule has 2 aromatic carbocycles. The number of carbonyl (C=O) groups is 4. The van der Waals surface area contributed by atoms with Crippen LogP contribution in [0.4, 0.5) is 4.79 Å². The van der Waals surface area contributed by atoms with Crippen molar-refractivity contribution in [1.29, 1.82) is 0 Å². The van der Waals surface area contributed by atoms with E-state index in [1.165, 1.54) is 7.11 Å². The first-order chi connectivity index (χ1) is 16.8. The molecule has 1 aliphatic rings. The third kappa shape index (κ3) is 6.36. The number of methoxy groups -OCH3 is 2. The smallest absolute Gasteiger partial charge is 0.407 e. The van der Waals surface area contributed by atoms with Gasteiger partial charge >= 0.3 is 18.0 Å². The van der Waals surface area contributed by atoms with Crippen LogP contribution in [0.25, 0.3) is 11.1 Å². The van der Waals surface area contributed by atoms with Crippen LogP contribution < -0.4 is 10.6 Å². The summed E-state index contributed by atoms with van der Waals surface area (Å²) in [6.45, 7) is 0.176. The second-order valence-electron chi connectivity index (χ2n) is 7.98. The molecule has 0 aromatic heterocycles. The fourth-order valence-corrected chi connectivity index (χ4v) is 4.01. The van der Waals surface area contributed by atoms with Crippen molar-refractivity contribution in [3.8, 4) is 11.1 Å². The Hall–Kier alpha value is -3.92. The summed E-state index contributed by atoms with van der Waals surface area (Å²) in [5.41, 5.74) is 4.25. The Morgan fingerprint density at radius 3 is 2.06 bits per heavy atom. The highest BCUT2D eigenvalue weighted by atomic mass is 16.5. The minimum Gasteiger partial charge on any atom is -0.480 e. The van der Waals surface area contributed by atoms with E-state index in [9.17, 15) is 24.3 Å². The van der Waals surface area contributed by atoms with Gasteiger partial charge in [-0.05, 0) is 22.3 Å². The average Bonchev–Trinajstić information content (AvgIpc) is 3.18. The van der Waals surface area contributed by atoms with Crippen LogP contribution in [0, 0.1) is 0 Å². The number of carboxylic acids is 1. The van der Waals surface area contributed by atoms with Crippen LogP contribution in [0.3, 0.4) is 0 Å². The minimum atomic E-state index is -1.51. The molecular weight excluding hydrogens is 456 g/mol. The van der Waals surface area contributed by atoms with Gasteiger partial charge in [0.15, 0.2) is 0 Å². The molecule has 10 nitrogen and oxygen atoms in total. The molecule has 0 bridgehead atoms. The number of carbonyl (C=O) groups excluding carboxylic acids is 3. The maximum Gasteiger partial charge on any atom is 0.407 e. The Morgan fingerprint density at radius 1 is 0.914 bits per heavy atom. The third-order valence-electron chi connectivity index (χ3n) is 5.78. The number of aliphatic carboxylic acids is 1. The summed E-state index contributed by atoms with van der Waals surface area (Å²) in [4.78, 5) is 48.2. The van der Waals surface area contributed by atoms with Gasteiger partial charge in [-0.2, -0.15) is 0 Å². The first kappa shape index (κ1) is 25.7. The van der Waals surface area contributed by atoms with Crippen molar-refractivity contribution in [3.05, 3.63) is 59.7 Å². The van der Waals surface area contributed by atoms with Crippen LogP contribution in [0.15, 0.2) is 48.5 Å². The van der Waals surface area contributed by atoms with Crippen LogP contribution in [0.5, 0.6) is 0 Å². The number of hydrogen-bond acceptors (Lipinski definition) is 7. The first-order valence-corrected chi connectivity index (χ1v) is 11.1. The van der Waals surface area contributed by atoms with E-state index in [1.54, 1.807) is 0 Å². The highest BCUT2D eigenvalue weighted by molar-refractivity contribution is 5.91. The lowest BCUT2D eigenvalue weighted by Gasteiger charge is -2.21. The fraction of sp³-hybridized carbons (Fsp3) is 0.360. The van der Waals surface area contributed by atoms with Gasteiger partial charge in [0.2, 0.25) is 5.91 Å². The van der Waals surface area contributed by atoms with Crippen LogP contribution in [-0.2, 0) is 28.6 Å². The molecule has 0 aliphatic heterocycles. The molecule has 3 rings (SSSR count). The van der Waals surface area contributed by atoms with E-state index < -0.39 is 42.4 Å². The van der Waals surface area contributed by atoms with E-state index in [4.69, 9.17) is 9.47 Å². The quantitative estimate of drug-likeness (QED) is 0.412. The van der Waals surface area contributed by atoms with Gasteiger partial charge in [0, 0.05) is 26.1 Å². The number of carboxylic acid groups (broad SMARTS) is 1. The fourth-order valence-electron chi connectivity index (χ4n) is 4.01. The van der Waals surface area contributed by atoms with Crippen molar-refractivity contribution >= 4 is 23.9 Å². The average molecular weight is 485 g/mol. The lowest BCUT2D eigenvalue weighted by molar-refractivity contribution is -0.149. The number of fused-ring (bicyclic) bond motifs is 3. The lowest BCUT2D eigenvalue weighted by Crippen LogP contribution is -2.52. The molecule has 1 aliphatic carbocycles.